The van der Waals surface area contributed by atoms with Crippen molar-refractivity contribution in [3.63, 3.8) is 0 Å². The van der Waals surface area contributed by atoms with Gasteiger partial charge in [-0.1, -0.05) is 24.3 Å². The van der Waals surface area contributed by atoms with Crippen molar-refractivity contribution in [3.8, 4) is 11.5 Å². The number of anilines is 1. The molecule has 2 unspecified atom stereocenters. The number of nitrogens with zero attached hydrogens (tertiary/aromatic N) is 1. The Morgan fingerprint density at radius 3 is 2.16 bits per heavy atom. The molecular weight excluding hydrogens is 490 g/mol. The Morgan fingerprint density at radius 1 is 0.868 bits per heavy atom. The van der Waals surface area contributed by atoms with Gasteiger partial charge in [0.15, 0.2) is 11.5 Å². The van der Waals surface area contributed by atoms with Crippen molar-refractivity contribution in [2.45, 2.75) is 31.1 Å². The number of halogens is 2. The molecule has 1 aliphatic heterocycles. The van der Waals surface area contributed by atoms with Crippen LogP contribution in [0.15, 0.2) is 60.7 Å². The van der Waals surface area contributed by atoms with E-state index in [9.17, 15) is 18.4 Å². The number of piperidine rings is 1. The van der Waals surface area contributed by atoms with E-state index < -0.39 is 11.7 Å². The lowest BCUT2D eigenvalue weighted by molar-refractivity contribution is -0.117. The van der Waals surface area contributed by atoms with Crippen LogP contribution < -0.4 is 14.8 Å². The van der Waals surface area contributed by atoms with Crippen LogP contribution in [0.4, 0.5) is 14.5 Å². The van der Waals surface area contributed by atoms with Gasteiger partial charge in [-0.25, -0.2) is 8.78 Å². The summed E-state index contributed by atoms with van der Waals surface area (Å²) in [6, 6.07) is 16.8. The van der Waals surface area contributed by atoms with Crippen LogP contribution in [0.5, 0.6) is 11.5 Å². The third kappa shape index (κ3) is 5.21. The Hall–Kier alpha value is -3.94. The van der Waals surface area contributed by atoms with Crippen molar-refractivity contribution in [2.75, 3.05) is 32.6 Å². The maximum absolute atomic E-state index is 14.6. The van der Waals surface area contributed by atoms with Crippen LogP contribution in [0.2, 0.25) is 0 Å². The first-order valence-corrected chi connectivity index (χ1v) is 12.8. The van der Waals surface area contributed by atoms with Gasteiger partial charge in [-0.15, -0.1) is 0 Å². The molecular formula is C30H30F2N2O4. The van der Waals surface area contributed by atoms with Gasteiger partial charge in [0, 0.05) is 24.7 Å². The molecule has 1 saturated heterocycles. The van der Waals surface area contributed by atoms with Crippen LogP contribution in [0.3, 0.4) is 0 Å². The lowest BCUT2D eigenvalue weighted by atomic mass is 9.89. The molecule has 1 heterocycles. The standard InChI is InChI=1S/C30H30F2N2O4/c1-37-26-12-11-25(32)27(28(26)38-2)30(36)34-15-13-19(14-16-34)18-5-9-22(10-6-18)33-29(35)24-17-23(24)20-3-7-21(31)8-4-20/h3-12,19,23-24H,13-17H2,1-2H3,(H,33,35). The number of rotatable bonds is 7. The zero-order valence-electron chi connectivity index (χ0n) is 21.4. The maximum Gasteiger partial charge on any atom is 0.260 e. The average Bonchev–Trinajstić information content (AvgIpc) is 3.75. The van der Waals surface area contributed by atoms with E-state index >= 15 is 0 Å². The van der Waals surface area contributed by atoms with Crippen molar-refractivity contribution < 1.29 is 27.8 Å². The van der Waals surface area contributed by atoms with E-state index in [1.165, 1.54) is 38.5 Å². The van der Waals surface area contributed by atoms with E-state index in [1.54, 1.807) is 17.0 Å². The highest BCUT2D eigenvalue weighted by atomic mass is 19.1. The summed E-state index contributed by atoms with van der Waals surface area (Å²) >= 11 is 0. The molecule has 6 nitrogen and oxygen atoms in total. The number of nitrogens with one attached hydrogen (secondary N) is 1. The number of hydrogen-bond donors (Lipinski definition) is 1. The number of carbonyl (C=O) groups is 2. The first-order valence-electron chi connectivity index (χ1n) is 12.8. The zero-order chi connectivity index (χ0) is 26.8. The van der Waals surface area contributed by atoms with Gasteiger partial charge in [-0.3, -0.25) is 9.59 Å². The molecule has 2 aliphatic rings. The Kier molecular flexibility index (Phi) is 7.31. The number of likely N-dealkylation sites (tertiary alicyclic amines) is 1. The van der Waals surface area contributed by atoms with Gasteiger partial charge in [0.1, 0.15) is 17.2 Å². The SMILES string of the molecule is COc1ccc(F)c(C(=O)N2CCC(c3ccc(NC(=O)C4CC4c4ccc(F)cc4)cc3)CC2)c1OC. The van der Waals surface area contributed by atoms with Crippen LogP contribution in [-0.2, 0) is 4.79 Å². The molecule has 1 aliphatic carbocycles. The number of methoxy groups -OCH3 is 2. The van der Waals surface area contributed by atoms with Gasteiger partial charge in [0.2, 0.25) is 5.91 Å². The van der Waals surface area contributed by atoms with Gasteiger partial charge >= 0.3 is 0 Å². The molecule has 0 spiro atoms. The molecule has 0 aromatic heterocycles. The zero-order valence-corrected chi connectivity index (χ0v) is 21.4. The summed E-state index contributed by atoms with van der Waals surface area (Å²) in [5, 5.41) is 2.99. The second-order valence-corrected chi connectivity index (χ2v) is 9.84. The largest absolute Gasteiger partial charge is 0.493 e. The van der Waals surface area contributed by atoms with E-state index in [2.05, 4.69) is 5.32 Å². The Morgan fingerprint density at radius 2 is 1.53 bits per heavy atom. The van der Waals surface area contributed by atoms with Gasteiger partial charge < -0.3 is 19.7 Å². The summed E-state index contributed by atoms with van der Waals surface area (Å²) in [7, 11) is 2.84. The highest BCUT2D eigenvalue weighted by Gasteiger charge is 2.44. The van der Waals surface area contributed by atoms with Crippen molar-refractivity contribution in [1.82, 2.24) is 4.90 Å². The van der Waals surface area contributed by atoms with Crippen molar-refractivity contribution in [1.29, 1.82) is 0 Å². The van der Waals surface area contributed by atoms with Crippen molar-refractivity contribution in [2.24, 2.45) is 5.92 Å². The third-order valence-electron chi connectivity index (χ3n) is 7.57. The molecule has 5 rings (SSSR count). The fourth-order valence-corrected chi connectivity index (χ4v) is 5.31. The minimum atomic E-state index is -0.636. The fourth-order valence-electron chi connectivity index (χ4n) is 5.31. The first-order chi connectivity index (χ1) is 18.4. The van der Waals surface area contributed by atoms with Gasteiger partial charge in [-0.2, -0.15) is 0 Å². The molecule has 0 bridgehead atoms. The van der Waals surface area contributed by atoms with Gasteiger partial charge in [-0.05, 0) is 78.6 Å². The minimum Gasteiger partial charge on any atom is -0.493 e. The number of ether oxygens (including phenoxy) is 2. The molecule has 198 valence electrons. The summed E-state index contributed by atoms with van der Waals surface area (Å²) < 4.78 is 38.2. The average molecular weight is 521 g/mol. The monoisotopic (exact) mass is 520 g/mol. The fraction of sp³-hybridized carbons (Fsp3) is 0.333. The van der Waals surface area contributed by atoms with Crippen molar-refractivity contribution in [3.05, 3.63) is 89.0 Å². The van der Waals surface area contributed by atoms with Crippen LogP contribution in [0.25, 0.3) is 0 Å². The van der Waals surface area contributed by atoms with Crippen LogP contribution in [-0.4, -0.2) is 44.0 Å². The predicted molar refractivity (Wildman–Crippen MR) is 140 cm³/mol. The molecule has 1 saturated carbocycles. The van der Waals surface area contributed by atoms with E-state index in [-0.39, 0.29) is 40.8 Å². The molecule has 0 radical (unpaired) electrons. The van der Waals surface area contributed by atoms with Gasteiger partial charge in [0.05, 0.1) is 14.2 Å². The molecule has 1 N–H and O–H groups in total. The molecule has 38 heavy (non-hydrogen) atoms. The highest BCUT2D eigenvalue weighted by Crippen LogP contribution is 2.48. The molecule has 8 heteroatoms. The van der Waals surface area contributed by atoms with Crippen LogP contribution in [0.1, 0.15) is 52.6 Å². The normalized spacial score (nSPS) is 19.1. The molecule has 3 aromatic rings. The second kappa shape index (κ2) is 10.8. The molecule has 3 aromatic carbocycles. The third-order valence-corrected chi connectivity index (χ3v) is 7.57. The molecule has 2 atom stereocenters. The number of benzene rings is 3. The number of carbonyl (C=O) groups excluding carboxylic acids is 2. The second-order valence-electron chi connectivity index (χ2n) is 9.84. The summed E-state index contributed by atoms with van der Waals surface area (Å²) in [4.78, 5) is 27.5. The Balaban J connectivity index is 1.16. The maximum atomic E-state index is 14.6. The van der Waals surface area contributed by atoms with Crippen LogP contribution in [0, 0.1) is 17.6 Å². The Bertz CT molecular complexity index is 1320. The van der Waals surface area contributed by atoms with Gasteiger partial charge in [0.25, 0.3) is 5.91 Å². The van der Waals surface area contributed by atoms with E-state index in [4.69, 9.17) is 9.47 Å². The number of hydrogen-bond acceptors (Lipinski definition) is 4. The summed E-state index contributed by atoms with van der Waals surface area (Å²) in [5.41, 5.74) is 2.74. The summed E-state index contributed by atoms with van der Waals surface area (Å²) in [6.07, 6.45) is 2.25. The summed E-state index contributed by atoms with van der Waals surface area (Å²) in [5.74, 6) is -0.649. The minimum absolute atomic E-state index is 0.0286. The van der Waals surface area contributed by atoms with Crippen molar-refractivity contribution >= 4 is 17.5 Å². The van der Waals surface area contributed by atoms with E-state index in [0.717, 1.165) is 36.1 Å². The predicted octanol–water partition coefficient (Wildman–Crippen LogP) is 5.74. The van der Waals surface area contributed by atoms with E-state index in [0.29, 0.717) is 18.8 Å². The lowest BCUT2D eigenvalue weighted by Gasteiger charge is -2.32. The van der Waals surface area contributed by atoms with Crippen LogP contribution >= 0.6 is 0 Å². The van der Waals surface area contributed by atoms with E-state index in [1.807, 2.05) is 24.3 Å². The topological polar surface area (TPSA) is 67.9 Å². The smallest absolute Gasteiger partial charge is 0.260 e. The quantitative estimate of drug-likeness (QED) is 0.431. The first kappa shape index (κ1) is 25.7. The molecule has 2 fully saturated rings. The molecule has 2 amide bonds. The Labute approximate surface area is 220 Å². The number of amides is 2. The summed E-state index contributed by atoms with van der Waals surface area (Å²) in [6.45, 7) is 0.989. The highest BCUT2D eigenvalue weighted by molar-refractivity contribution is 5.98. The lowest BCUT2D eigenvalue weighted by Crippen LogP contribution is -2.38.